The number of carbonyl (C=O) groups is 1. The Morgan fingerprint density at radius 1 is 1.32 bits per heavy atom. The Kier molecular flexibility index (Phi) is 6.16. The maximum Gasteiger partial charge on any atom is 0.251 e. The van der Waals surface area contributed by atoms with Gasteiger partial charge in [0.2, 0.25) is 0 Å². The highest BCUT2D eigenvalue weighted by molar-refractivity contribution is 6.18. The lowest BCUT2D eigenvalue weighted by Gasteiger charge is -2.19. The number of ether oxygens (including phenoxy) is 1. The molecule has 0 saturated carbocycles. The van der Waals surface area contributed by atoms with Crippen LogP contribution in [0.2, 0.25) is 0 Å². The van der Waals surface area contributed by atoms with Crippen molar-refractivity contribution in [2.75, 3.05) is 5.88 Å². The third-order valence-electron chi connectivity index (χ3n) is 2.92. The molecule has 1 N–H and O–H groups in total. The van der Waals surface area contributed by atoms with Gasteiger partial charge in [-0.3, -0.25) is 4.79 Å². The van der Waals surface area contributed by atoms with E-state index in [1.165, 1.54) is 0 Å². The van der Waals surface area contributed by atoms with Crippen LogP contribution in [0.3, 0.4) is 0 Å². The van der Waals surface area contributed by atoms with Gasteiger partial charge in [-0.05, 0) is 44.9 Å². The maximum absolute atomic E-state index is 12.1. The van der Waals surface area contributed by atoms with Gasteiger partial charge >= 0.3 is 0 Å². The highest BCUT2D eigenvalue weighted by Crippen LogP contribution is 2.15. The summed E-state index contributed by atoms with van der Waals surface area (Å²) >= 11 is 5.79. The molecule has 0 aliphatic heterocycles. The predicted octanol–water partition coefficient (Wildman–Crippen LogP) is 3.47. The van der Waals surface area contributed by atoms with E-state index < -0.39 is 0 Å². The molecule has 2 unspecified atom stereocenters. The molecule has 1 aromatic carbocycles. The van der Waals surface area contributed by atoms with Crippen molar-refractivity contribution in [3.8, 4) is 5.75 Å². The van der Waals surface area contributed by atoms with E-state index in [9.17, 15) is 4.79 Å². The average Bonchev–Trinajstić information content (AvgIpc) is 2.37. The molecule has 0 spiro atoms. The van der Waals surface area contributed by atoms with E-state index in [1.807, 2.05) is 39.8 Å². The summed E-state index contributed by atoms with van der Waals surface area (Å²) in [6, 6.07) is 7.25. The number of amides is 1. The summed E-state index contributed by atoms with van der Waals surface area (Å²) < 4.78 is 5.58. The zero-order valence-corrected chi connectivity index (χ0v) is 12.7. The van der Waals surface area contributed by atoms with Gasteiger partial charge in [-0.2, -0.15) is 0 Å². The molecule has 0 bridgehead atoms. The monoisotopic (exact) mass is 283 g/mol. The SMILES string of the molecule is CC(C)Oc1cccc(C(=O)NC(C)C(C)CCl)c1. The molecule has 106 valence electrons. The van der Waals surface area contributed by atoms with Crippen molar-refractivity contribution in [1.82, 2.24) is 5.32 Å². The first-order chi connectivity index (χ1) is 8.93. The van der Waals surface area contributed by atoms with E-state index in [1.54, 1.807) is 12.1 Å². The van der Waals surface area contributed by atoms with E-state index in [4.69, 9.17) is 16.3 Å². The van der Waals surface area contributed by atoms with Crippen LogP contribution in [0.1, 0.15) is 38.1 Å². The third kappa shape index (κ3) is 5.11. The van der Waals surface area contributed by atoms with Gasteiger partial charge in [0.05, 0.1) is 6.10 Å². The second kappa shape index (κ2) is 7.39. The van der Waals surface area contributed by atoms with Gasteiger partial charge < -0.3 is 10.1 Å². The van der Waals surface area contributed by atoms with Crippen molar-refractivity contribution in [3.05, 3.63) is 29.8 Å². The van der Waals surface area contributed by atoms with Gasteiger partial charge in [0.15, 0.2) is 0 Å². The van der Waals surface area contributed by atoms with Gasteiger partial charge in [0, 0.05) is 17.5 Å². The summed E-state index contributed by atoms with van der Waals surface area (Å²) in [5.41, 5.74) is 0.603. The first kappa shape index (κ1) is 15.8. The average molecular weight is 284 g/mol. The van der Waals surface area contributed by atoms with Gasteiger partial charge in [-0.1, -0.05) is 13.0 Å². The van der Waals surface area contributed by atoms with Crippen molar-refractivity contribution in [2.45, 2.75) is 39.8 Å². The summed E-state index contributed by atoms with van der Waals surface area (Å²) in [6.45, 7) is 7.88. The summed E-state index contributed by atoms with van der Waals surface area (Å²) in [5, 5.41) is 2.95. The topological polar surface area (TPSA) is 38.3 Å². The quantitative estimate of drug-likeness (QED) is 0.812. The number of benzene rings is 1. The Morgan fingerprint density at radius 3 is 2.58 bits per heavy atom. The predicted molar refractivity (Wildman–Crippen MR) is 79.0 cm³/mol. The summed E-state index contributed by atoms with van der Waals surface area (Å²) in [7, 11) is 0. The molecule has 0 fully saturated rings. The lowest BCUT2D eigenvalue weighted by atomic mass is 10.1. The number of rotatable bonds is 6. The molecule has 0 aromatic heterocycles. The second-order valence-corrected chi connectivity index (χ2v) is 5.40. The van der Waals surface area contributed by atoms with Crippen LogP contribution in [0.25, 0.3) is 0 Å². The van der Waals surface area contributed by atoms with E-state index in [0.29, 0.717) is 17.2 Å². The number of carbonyl (C=O) groups excluding carboxylic acids is 1. The molecule has 1 rings (SSSR count). The lowest BCUT2D eigenvalue weighted by Crippen LogP contribution is -2.37. The van der Waals surface area contributed by atoms with E-state index in [2.05, 4.69) is 5.32 Å². The van der Waals surface area contributed by atoms with E-state index in [-0.39, 0.29) is 24.0 Å². The molecule has 2 atom stereocenters. The fraction of sp³-hybridized carbons (Fsp3) is 0.533. The van der Waals surface area contributed by atoms with Crippen molar-refractivity contribution in [2.24, 2.45) is 5.92 Å². The van der Waals surface area contributed by atoms with Gasteiger partial charge in [-0.15, -0.1) is 11.6 Å². The van der Waals surface area contributed by atoms with Crippen LogP contribution in [0.5, 0.6) is 5.75 Å². The number of alkyl halides is 1. The molecule has 1 amide bonds. The highest BCUT2D eigenvalue weighted by atomic mass is 35.5. The van der Waals surface area contributed by atoms with Crippen LogP contribution in [0.4, 0.5) is 0 Å². The van der Waals surface area contributed by atoms with Crippen LogP contribution in [-0.2, 0) is 0 Å². The van der Waals surface area contributed by atoms with Crippen LogP contribution in [0.15, 0.2) is 24.3 Å². The number of halogens is 1. The minimum absolute atomic E-state index is 0.0414. The number of hydrogen-bond acceptors (Lipinski definition) is 2. The molecule has 0 aliphatic carbocycles. The zero-order chi connectivity index (χ0) is 14.4. The summed E-state index contributed by atoms with van der Waals surface area (Å²) in [5.74, 6) is 1.37. The summed E-state index contributed by atoms with van der Waals surface area (Å²) in [4.78, 5) is 12.1. The normalized spacial score (nSPS) is 14.0. The Bertz CT molecular complexity index is 420. The second-order valence-electron chi connectivity index (χ2n) is 5.09. The Hall–Kier alpha value is -1.22. The minimum atomic E-state index is -0.0985. The minimum Gasteiger partial charge on any atom is -0.491 e. The molecular formula is C15H22ClNO2. The Labute approximate surface area is 120 Å². The molecule has 0 radical (unpaired) electrons. The first-order valence-electron chi connectivity index (χ1n) is 6.57. The first-order valence-corrected chi connectivity index (χ1v) is 7.11. The molecule has 0 aliphatic rings. The fourth-order valence-corrected chi connectivity index (χ4v) is 1.82. The van der Waals surface area contributed by atoms with Crippen LogP contribution >= 0.6 is 11.6 Å². The van der Waals surface area contributed by atoms with Crippen molar-refractivity contribution < 1.29 is 9.53 Å². The fourth-order valence-electron chi connectivity index (χ4n) is 1.55. The standard InChI is InChI=1S/C15H22ClNO2/c1-10(2)19-14-7-5-6-13(8-14)15(18)17-12(4)11(3)9-16/h5-8,10-12H,9H2,1-4H3,(H,17,18). The Balaban J connectivity index is 2.71. The maximum atomic E-state index is 12.1. The molecule has 0 saturated heterocycles. The third-order valence-corrected chi connectivity index (χ3v) is 3.41. The Morgan fingerprint density at radius 2 is 2.00 bits per heavy atom. The van der Waals surface area contributed by atoms with Gasteiger partial charge in [0.1, 0.15) is 5.75 Å². The smallest absolute Gasteiger partial charge is 0.251 e. The van der Waals surface area contributed by atoms with Crippen molar-refractivity contribution in [3.63, 3.8) is 0 Å². The van der Waals surface area contributed by atoms with Crippen LogP contribution in [-0.4, -0.2) is 23.9 Å². The molecule has 19 heavy (non-hydrogen) atoms. The zero-order valence-electron chi connectivity index (χ0n) is 11.9. The summed E-state index contributed by atoms with van der Waals surface area (Å²) in [6.07, 6.45) is 0.0912. The van der Waals surface area contributed by atoms with Crippen molar-refractivity contribution >= 4 is 17.5 Å². The lowest BCUT2D eigenvalue weighted by molar-refractivity contribution is 0.0930. The highest BCUT2D eigenvalue weighted by Gasteiger charge is 2.15. The number of nitrogens with one attached hydrogen (secondary N) is 1. The molecule has 3 nitrogen and oxygen atoms in total. The van der Waals surface area contributed by atoms with Crippen molar-refractivity contribution in [1.29, 1.82) is 0 Å². The molecule has 0 heterocycles. The molecular weight excluding hydrogens is 262 g/mol. The molecule has 1 aromatic rings. The number of hydrogen-bond donors (Lipinski definition) is 1. The van der Waals surface area contributed by atoms with E-state index >= 15 is 0 Å². The van der Waals surface area contributed by atoms with Gasteiger partial charge in [0.25, 0.3) is 5.91 Å². The largest absolute Gasteiger partial charge is 0.491 e. The van der Waals surface area contributed by atoms with E-state index in [0.717, 1.165) is 0 Å². The van der Waals surface area contributed by atoms with Crippen LogP contribution in [0, 0.1) is 5.92 Å². The molecule has 4 heteroatoms. The van der Waals surface area contributed by atoms with Crippen LogP contribution < -0.4 is 10.1 Å². The van der Waals surface area contributed by atoms with Gasteiger partial charge in [-0.25, -0.2) is 0 Å².